The van der Waals surface area contributed by atoms with Crippen molar-refractivity contribution in [1.82, 2.24) is 10.6 Å². The van der Waals surface area contributed by atoms with Gasteiger partial charge in [0.1, 0.15) is 0 Å². The van der Waals surface area contributed by atoms with Gasteiger partial charge < -0.3 is 15.4 Å². The molecule has 0 aromatic carbocycles. The minimum Gasteiger partial charge on any atom is -0.379 e. The van der Waals surface area contributed by atoms with Crippen molar-refractivity contribution in [2.75, 3.05) is 19.7 Å². The third kappa shape index (κ3) is 8.06. The molecular weight excluding hydrogens is 224 g/mol. The fourth-order valence-electron chi connectivity index (χ4n) is 2.55. The molecular formula is C15H32N2O. The molecule has 0 aliphatic carbocycles. The van der Waals surface area contributed by atoms with Crippen molar-refractivity contribution in [3.8, 4) is 0 Å². The van der Waals surface area contributed by atoms with Gasteiger partial charge in [-0.2, -0.15) is 0 Å². The molecule has 1 fully saturated rings. The number of nitrogens with one attached hydrogen (secondary N) is 2. The SMILES string of the molecule is CC(CC1CCCCCN1)NCCCOC(C)C. The second-order valence-corrected chi connectivity index (χ2v) is 5.86. The molecule has 2 unspecified atom stereocenters. The summed E-state index contributed by atoms with van der Waals surface area (Å²) in [4.78, 5) is 0. The largest absolute Gasteiger partial charge is 0.379 e. The number of ether oxygens (including phenoxy) is 1. The standard InChI is InChI=1S/C15H32N2O/c1-13(2)18-11-7-10-16-14(3)12-15-8-5-4-6-9-17-15/h13-17H,4-12H2,1-3H3. The highest BCUT2D eigenvalue weighted by Gasteiger charge is 2.14. The molecule has 1 heterocycles. The average Bonchev–Trinajstić information content (AvgIpc) is 2.56. The van der Waals surface area contributed by atoms with Crippen LogP contribution in [0.4, 0.5) is 0 Å². The Kier molecular flexibility index (Phi) is 8.64. The first kappa shape index (κ1) is 15.9. The van der Waals surface area contributed by atoms with E-state index in [9.17, 15) is 0 Å². The summed E-state index contributed by atoms with van der Waals surface area (Å²) in [6, 6.07) is 1.33. The molecule has 0 aromatic rings. The molecule has 2 N–H and O–H groups in total. The number of hydrogen-bond donors (Lipinski definition) is 2. The molecule has 3 heteroatoms. The molecule has 0 aromatic heterocycles. The van der Waals surface area contributed by atoms with Crippen molar-refractivity contribution >= 4 is 0 Å². The quantitative estimate of drug-likeness (QED) is 0.655. The first-order chi connectivity index (χ1) is 8.68. The molecule has 2 atom stereocenters. The lowest BCUT2D eigenvalue weighted by atomic mass is 10.0. The topological polar surface area (TPSA) is 33.3 Å². The van der Waals surface area contributed by atoms with Crippen LogP contribution in [0, 0.1) is 0 Å². The second-order valence-electron chi connectivity index (χ2n) is 5.86. The molecule has 108 valence electrons. The molecule has 0 amide bonds. The summed E-state index contributed by atoms with van der Waals surface area (Å²) in [7, 11) is 0. The monoisotopic (exact) mass is 256 g/mol. The summed E-state index contributed by atoms with van der Waals surface area (Å²) >= 11 is 0. The maximum Gasteiger partial charge on any atom is 0.0518 e. The normalized spacial score (nSPS) is 23.0. The molecule has 1 saturated heterocycles. The van der Waals surface area contributed by atoms with Crippen LogP contribution in [-0.4, -0.2) is 37.9 Å². The van der Waals surface area contributed by atoms with Gasteiger partial charge in [-0.15, -0.1) is 0 Å². The van der Waals surface area contributed by atoms with E-state index in [1.807, 2.05) is 0 Å². The molecule has 3 nitrogen and oxygen atoms in total. The minimum absolute atomic E-state index is 0.359. The lowest BCUT2D eigenvalue weighted by Crippen LogP contribution is -2.37. The first-order valence-electron chi connectivity index (χ1n) is 7.77. The van der Waals surface area contributed by atoms with E-state index in [4.69, 9.17) is 4.74 Å². The lowest BCUT2D eigenvalue weighted by molar-refractivity contribution is 0.0767. The molecule has 0 spiro atoms. The molecule has 1 rings (SSSR count). The molecule has 0 saturated carbocycles. The van der Waals surface area contributed by atoms with Crippen LogP contribution in [0.1, 0.15) is 59.3 Å². The van der Waals surface area contributed by atoms with Crippen LogP contribution < -0.4 is 10.6 Å². The van der Waals surface area contributed by atoms with Crippen LogP contribution in [-0.2, 0) is 4.74 Å². The van der Waals surface area contributed by atoms with Gasteiger partial charge in [-0.3, -0.25) is 0 Å². The number of hydrogen-bond acceptors (Lipinski definition) is 3. The molecule has 1 aliphatic rings. The van der Waals surface area contributed by atoms with Crippen molar-refractivity contribution in [1.29, 1.82) is 0 Å². The lowest BCUT2D eigenvalue weighted by Gasteiger charge is -2.21. The van der Waals surface area contributed by atoms with E-state index in [2.05, 4.69) is 31.4 Å². The van der Waals surface area contributed by atoms with Crippen molar-refractivity contribution < 1.29 is 4.74 Å². The summed E-state index contributed by atoms with van der Waals surface area (Å²) < 4.78 is 5.54. The van der Waals surface area contributed by atoms with Gasteiger partial charge in [-0.25, -0.2) is 0 Å². The van der Waals surface area contributed by atoms with E-state index in [0.29, 0.717) is 12.1 Å². The van der Waals surface area contributed by atoms with E-state index in [-0.39, 0.29) is 0 Å². The summed E-state index contributed by atoms with van der Waals surface area (Å²) in [5.41, 5.74) is 0. The summed E-state index contributed by atoms with van der Waals surface area (Å²) in [5.74, 6) is 0. The van der Waals surface area contributed by atoms with Crippen molar-refractivity contribution in [3.63, 3.8) is 0 Å². The Morgan fingerprint density at radius 3 is 2.83 bits per heavy atom. The van der Waals surface area contributed by atoms with Crippen LogP contribution in [0.3, 0.4) is 0 Å². The smallest absolute Gasteiger partial charge is 0.0518 e. The highest BCUT2D eigenvalue weighted by molar-refractivity contribution is 4.75. The molecule has 0 radical (unpaired) electrons. The Balaban J connectivity index is 2.00. The minimum atomic E-state index is 0.359. The van der Waals surface area contributed by atoms with Gasteiger partial charge in [0, 0.05) is 18.7 Å². The predicted molar refractivity (Wildman–Crippen MR) is 78.0 cm³/mol. The van der Waals surface area contributed by atoms with E-state index in [1.165, 1.54) is 38.6 Å². The first-order valence-corrected chi connectivity index (χ1v) is 7.77. The average molecular weight is 256 g/mol. The van der Waals surface area contributed by atoms with Gasteiger partial charge in [-0.1, -0.05) is 12.8 Å². The van der Waals surface area contributed by atoms with Crippen LogP contribution in [0.2, 0.25) is 0 Å². The van der Waals surface area contributed by atoms with Gasteiger partial charge in [0.15, 0.2) is 0 Å². The predicted octanol–water partition coefficient (Wildman–Crippen LogP) is 2.70. The number of rotatable bonds is 8. The Morgan fingerprint density at radius 1 is 1.22 bits per heavy atom. The maximum absolute atomic E-state index is 5.54. The third-order valence-electron chi connectivity index (χ3n) is 3.57. The van der Waals surface area contributed by atoms with Crippen molar-refractivity contribution in [3.05, 3.63) is 0 Å². The Morgan fingerprint density at radius 2 is 2.06 bits per heavy atom. The van der Waals surface area contributed by atoms with Crippen LogP contribution in [0.25, 0.3) is 0 Å². The molecule has 18 heavy (non-hydrogen) atoms. The fourth-order valence-corrected chi connectivity index (χ4v) is 2.55. The maximum atomic E-state index is 5.54. The van der Waals surface area contributed by atoms with Crippen LogP contribution in [0.15, 0.2) is 0 Å². The van der Waals surface area contributed by atoms with Gasteiger partial charge in [0.2, 0.25) is 0 Å². The Labute approximate surface area is 113 Å². The van der Waals surface area contributed by atoms with Gasteiger partial charge in [0.05, 0.1) is 6.10 Å². The molecule has 0 bridgehead atoms. The molecule has 1 aliphatic heterocycles. The summed E-state index contributed by atoms with van der Waals surface area (Å²) in [6.45, 7) is 9.64. The highest BCUT2D eigenvalue weighted by Crippen LogP contribution is 2.12. The van der Waals surface area contributed by atoms with E-state index in [0.717, 1.165) is 25.6 Å². The van der Waals surface area contributed by atoms with Gasteiger partial charge >= 0.3 is 0 Å². The van der Waals surface area contributed by atoms with E-state index < -0.39 is 0 Å². The summed E-state index contributed by atoms with van der Waals surface area (Å²) in [5, 5.41) is 7.27. The van der Waals surface area contributed by atoms with E-state index in [1.54, 1.807) is 0 Å². The van der Waals surface area contributed by atoms with Crippen LogP contribution in [0.5, 0.6) is 0 Å². The van der Waals surface area contributed by atoms with E-state index >= 15 is 0 Å². The summed E-state index contributed by atoms with van der Waals surface area (Å²) in [6.07, 6.45) is 8.22. The highest BCUT2D eigenvalue weighted by atomic mass is 16.5. The Bertz CT molecular complexity index is 189. The van der Waals surface area contributed by atoms with Crippen molar-refractivity contribution in [2.45, 2.75) is 77.5 Å². The zero-order valence-electron chi connectivity index (χ0n) is 12.5. The zero-order valence-corrected chi connectivity index (χ0v) is 12.5. The van der Waals surface area contributed by atoms with Crippen molar-refractivity contribution in [2.24, 2.45) is 0 Å². The fraction of sp³-hybridized carbons (Fsp3) is 1.00. The Hall–Kier alpha value is -0.120. The third-order valence-corrected chi connectivity index (χ3v) is 3.57. The second kappa shape index (κ2) is 9.76. The van der Waals surface area contributed by atoms with Crippen LogP contribution >= 0.6 is 0 Å². The van der Waals surface area contributed by atoms with Gasteiger partial charge in [-0.05, 0) is 59.5 Å². The van der Waals surface area contributed by atoms with Gasteiger partial charge in [0.25, 0.3) is 0 Å². The zero-order chi connectivity index (χ0) is 13.2.